The normalized spacial score (nSPS) is 49.3. The monoisotopic (exact) mass is 238 g/mol. The van der Waals surface area contributed by atoms with Gasteiger partial charge in [0.15, 0.2) is 0 Å². The zero-order chi connectivity index (χ0) is 12.5. The van der Waals surface area contributed by atoms with Gasteiger partial charge in [-0.2, -0.15) is 0 Å². The van der Waals surface area contributed by atoms with Crippen LogP contribution >= 0.6 is 0 Å². The summed E-state index contributed by atoms with van der Waals surface area (Å²) in [6.45, 7) is -0.267. The summed E-state index contributed by atoms with van der Waals surface area (Å²) in [4.78, 5) is 0. The van der Waals surface area contributed by atoms with Gasteiger partial charge in [-0.25, -0.2) is 0 Å². The van der Waals surface area contributed by atoms with Gasteiger partial charge in [0.05, 0.1) is 0 Å². The predicted octanol–water partition coefficient (Wildman–Crippen LogP) is -3.69. The molecule has 0 radical (unpaired) electrons. The van der Waals surface area contributed by atoms with Gasteiger partial charge < -0.3 is 35.7 Å². The second-order valence-electron chi connectivity index (χ2n) is 4.18. The van der Waals surface area contributed by atoms with Crippen LogP contribution in [0.2, 0.25) is 0 Å². The molecular weight excluding hydrogens is 220 g/mol. The molecule has 96 valence electrons. The van der Waals surface area contributed by atoms with Crippen molar-refractivity contribution in [2.24, 2.45) is 0 Å². The summed E-state index contributed by atoms with van der Waals surface area (Å²) in [5.41, 5.74) is -2.14. The van der Waals surface area contributed by atoms with Crippen molar-refractivity contribution >= 4 is 0 Å². The highest BCUT2D eigenvalue weighted by molar-refractivity contribution is 5.08. The van der Waals surface area contributed by atoms with E-state index in [1.54, 1.807) is 0 Å². The minimum absolute atomic E-state index is 0.0835. The van der Waals surface area contributed by atoms with Crippen molar-refractivity contribution in [1.29, 1.82) is 0 Å². The van der Waals surface area contributed by atoms with Crippen molar-refractivity contribution in [3.63, 3.8) is 0 Å². The molecule has 0 heterocycles. The van der Waals surface area contributed by atoms with Gasteiger partial charge in [0.1, 0.15) is 36.1 Å². The number of aliphatic hydroxyl groups excluding tert-OH is 6. The molecule has 1 rings (SSSR count). The Balaban J connectivity index is 2.88. The number of hydrogen-bond acceptors (Lipinski definition) is 7. The smallest absolute Gasteiger partial charge is 0.122 e. The fourth-order valence-corrected chi connectivity index (χ4v) is 2.00. The number of rotatable bonds is 3. The van der Waals surface area contributed by atoms with E-state index in [9.17, 15) is 30.6 Å². The van der Waals surface area contributed by atoms with Crippen LogP contribution in [0.15, 0.2) is 0 Å². The Bertz CT molecular complexity index is 218. The molecule has 1 fully saturated rings. The summed E-state index contributed by atoms with van der Waals surface area (Å²) in [6.07, 6.45) is -8.91. The third-order valence-electron chi connectivity index (χ3n) is 3.11. The summed E-state index contributed by atoms with van der Waals surface area (Å²) in [7, 11) is 0. The fourth-order valence-electron chi connectivity index (χ4n) is 2.00. The summed E-state index contributed by atoms with van der Waals surface area (Å²) >= 11 is 0. The first-order chi connectivity index (χ1) is 7.36. The van der Waals surface area contributed by atoms with E-state index in [-0.39, 0.29) is 19.4 Å². The maximum Gasteiger partial charge on any atom is 0.122 e. The van der Waals surface area contributed by atoms with Crippen LogP contribution in [-0.4, -0.2) is 78.5 Å². The third kappa shape index (κ3) is 2.07. The molecule has 0 saturated heterocycles. The molecule has 0 aliphatic heterocycles. The second-order valence-corrected chi connectivity index (χ2v) is 4.18. The molecule has 0 bridgehead atoms. The molecule has 1 saturated carbocycles. The highest BCUT2D eigenvalue weighted by atomic mass is 16.4. The van der Waals surface area contributed by atoms with Crippen LogP contribution in [0.5, 0.6) is 0 Å². The predicted molar refractivity (Wildman–Crippen MR) is 51.3 cm³/mol. The first kappa shape index (κ1) is 13.8. The van der Waals surface area contributed by atoms with Crippen LogP contribution in [-0.2, 0) is 0 Å². The second kappa shape index (κ2) is 4.92. The maximum absolute atomic E-state index is 9.96. The molecule has 7 nitrogen and oxygen atoms in total. The Morgan fingerprint density at radius 3 is 1.62 bits per heavy atom. The minimum Gasteiger partial charge on any atom is -0.396 e. The van der Waals surface area contributed by atoms with Gasteiger partial charge >= 0.3 is 0 Å². The lowest BCUT2D eigenvalue weighted by atomic mass is 9.72. The van der Waals surface area contributed by atoms with Crippen LogP contribution in [0.25, 0.3) is 0 Å². The number of hydrogen-bond donors (Lipinski definition) is 7. The van der Waals surface area contributed by atoms with Crippen LogP contribution < -0.4 is 0 Å². The molecule has 7 heteroatoms. The molecule has 7 N–H and O–H groups in total. The Kier molecular flexibility index (Phi) is 4.24. The lowest BCUT2D eigenvalue weighted by Crippen LogP contribution is -2.70. The van der Waals surface area contributed by atoms with E-state index < -0.39 is 36.1 Å². The van der Waals surface area contributed by atoms with Crippen molar-refractivity contribution in [3.8, 4) is 0 Å². The quantitative estimate of drug-likeness (QED) is 0.268. The third-order valence-corrected chi connectivity index (χ3v) is 3.11. The molecule has 0 spiro atoms. The first-order valence-corrected chi connectivity index (χ1v) is 5.10. The Hall–Kier alpha value is -0.280. The molecule has 0 aromatic carbocycles. The van der Waals surface area contributed by atoms with Gasteiger partial charge in [-0.05, 0) is 12.8 Å². The summed E-state index contributed by atoms with van der Waals surface area (Å²) in [6, 6.07) is 0. The van der Waals surface area contributed by atoms with Gasteiger partial charge in [-0.3, -0.25) is 0 Å². The maximum atomic E-state index is 9.96. The van der Waals surface area contributed by atoms with Crippen molar-refractivity contribution in [1.82, 2.24) is 0 Å². The topological polar surface area (TPSA) is 142 Å². The lowest BCUT2D eigenvalue weighted by Gasteiger charge is -2.47. The fraction of sp³-hybridized carbons (Fsp3) is 1.00. The molecule has 0 aromatic rings. The number of aliphatic hydroxyl groups is 7. The van der Waals surface area contributed by atoms with Crippen LogP contribution in [0.1, 0.15) is 12.8 Å². The SMILES string of the molecule is OCCCC1(O)C(O)C(O)C(O)C(O)[C@@H]1O. The highest BCUT2D eigenvalue weighted by Crippen LogP contribution is 2.33. The average molecular weight is 238 g/mol. The van der Waals surface area contributed by atoms with Gasteiger partial charge in [-0.1, -0.05) is 0 Å². The van der Waals surface area contributed by atoms with Crippen LogP contribution in [0.3, 0.4) is 0 Å². The van der Waals surface area contributed by atoms with Gasteiger partial charge in [0.2, 0.25) is 0 Å². The molecule has 5 unspecified atom stereocenters. The van der Waals surface area contributed by atoms with E-state index in [4.69, 9.17) is 5.11 Å². The largest absolute Gasteiger partial charge is 0.396 e. The minimum atomic E-state index is -2.14. The molecule has 1 aliphatic rings. The van der Waals surface area contributed by atoms with E-state index in [1.807, 2.05) is 0 Å². The van der Waals surface area contributed by atoms with E-state index >= 15 is 0 Å². The zero-order valence-corrected chi connectivity index (χ0v) is 8.64. The summed E-state index contributed by atoms with van der Waals surface area (Å²) < 4.78 is 0. The van der Waals surface area contributed by atoms with E-state index in [2.05, 4.69) is 0 Å². The van der Waals surface area contributed by atoms with Crippen LogP contribution in [0.4, 0.5) is 0 Å². The summed E-state index contributed by atoms with van der Waals surface area (Å²) in [5.74, 6) is 0. The lowest BCUT2D eigenvalue weighted by molar-refractivity contribution is -0.270. The van der Waals surface area contributed by atoms with Crippen molar-refractivity contribution < 1.29 is 35.7 Å². The van der Waals surface area contributed by atoms with Crippen molar-refractivity contribution in [2.75, 3.05) is 6.61 Å². The molecule has 0 aromatic heterocycles. The van der Waals surface area contributed by atoms with Crippen molar-refractivity contribution in [3.05, 3.63) is 0 Å². The molecule has 16 heavy (non-hydrogen) atoms. The Morgan fingerprint density at radius 1 is 0.812 bits per heavy atom. The van der Waals surface area contributed by atoms with E-state index in [1.165, 1.54) is 0 Å². The standard InChI is InChI=1S/C9H18O7/c10-3-1-2-9(16)7(14)5(12)4(11)6(13)8(9)15/h4-8,10-16H,1-3H2/t4?,5?,6?,7-,8?,9?/m0/s1. The van der Waals surface area contributed by atoms with Gasteiger partial charge in [0, 0.05) is 6.61 Å². The van der Waals surface area contributed by atoms with Crippen LogP contribution in [0, 0.1) is 0 Å². The summed E-state index contributed by atoms with van der Waals surface area (Å²) in [5, 5.41) is 65.7. The van der Waals surface area contributed by atoms with Crippen molar-refractivity contribution in [2.45, 2.75) is 49.0 Å². The first-order valence-electron chi connectivity index (χ1n) is 5.10. The van der Waals surface area contributed by atoms with Gasteiger partial charge in [0.25, 0.3) is 0 Å². The molecule has 0 amide bonds. The van der Waals surface area contributed by atoms with Gasteiger partial charge in [-0.15, -0.1) is 0 Å². The van der Waals surface area contributed by atoms with E-state index in [0.717, 1.165) is 0 Å². The Labute approximate surface area is 92.2 Å². The molecule has 1 aliphatic carbocycles. The molecular formula is C9H18O7. The average Bonchev–Trinajstić information content (AvgIpc) is 2.29. The zero-order valence-electron chi connectivity index (χ0n) is 8.64. The Morgan fingerprint density at radius 2 is 1.25 bits per heavy atom. The molecule has 6 atom stereocenters. The van der Waals surface area contributed by atoms with E-state index in [0.29, 0.717) is 0 Å². The highest BCUT2D eigenvalue weighted by Gasteiger charge is 2.56.